The molecule has 2 aromatic rings. The monoisotopic (exact) mass is 443 g/mol. The third-order valence-electron chi connectivity index (χ3n) is 8.22. The van der Waals surface area contributed by atoms with Gasteiger partial charge in [0.05, 0.1) is 0 Å². The molecule has 0 aromatic heterocycles. The molecule has 0 amide bonds. The molecule has 0 unspecified atom stereocenters. The smallest absolute Gasteiger partial charge is 0.0381 e. The Kier molecular flexibility index (Phi) is 6.89. The van der Waals surface area contributed by atoms with Gasteiger partial charge < -0.3 is 4.90 Å². The third-order valence-corrected chi connectivity index (χ3v) is 8.22. The summed E-state index contributed by atoms with van der Waals surface area (Å²) in [7, 11) is 0. The van der Waals surface area contributed by atoms with Crippen molar-refractivity contribution in [1.29, 1.82) is 0 Å². The molecule has 2 aliphatic heterocycles. The Balaban J connectivity index is 1.15. The van der Waals surface area contributed by atoms with Crippen LogP contribution < -0.4 is 0 Å². The zero-order valence-corrected chi connectivity index (χ0v) is 20.7. The van der Waals surface area contributed by atoms with Gasteiger partial charge in [-0.3, -0.25) is 9.80 Å². The van der Waals surface area contributed by atoms with Crippen molar-refractivity contribution in [2.75, 3.05) is 39.3 Å². The zero-order valence-electron chi connectivity index (χ0n) is 20.7. The van der Waals surface area contributed by atoms with Crippen LogP contribution in [0.2, 0.25) is 0 Å². The Morgan fingerprint density at radius 1 is 0.879 bits per heavy atom. The SMILES string of the molecule is C=C(CN1CCc2cc(-c3ccc(C(C)C)cc3)ccc2C1)N1CCN(C2CCCC2)CC1. The molecule has 0 N–H and O–H groups in total. The van der Waals surface area contributed by atoms with Crippen LogP contribution in [0.25, 0.3) is 11.1 Å². The fraction of sp³-hybridized carbons (Fsp3) is 0.533. The largest absolute Gasteiger partial charge is 0.372 e. The van der Waals surface area contributed by atoms with E-state index in [0.29, 0.717) is 5.92 Å². The summed E-state index contributed by atoms with van der Waals surface area (Å²) in [4.78, 5) is 7.87. The van der Waals surface area contributed by atoms with Crippen LogP contribution in [0.5, 0.6) is 0 Å². The van der Waals surface area contributed by atoms with Gasteiger partial charge in [-0.05, 0) is 53.0 Å². The standard InChI is InChI=1S/C30H41N3/c1-23(2)25-8-10-26(11-9-25)27-12-13-29-22-31(15-14-28(29)20-27)21-24(3)32-16-18-33(19-17-32)30-6-4-5-7-30/h8-13,20,23,30H,3-7,14-19,21-22H2,1-2H3. The van der Waals surface area contributed by atoms with Gasteiger partial charge in [-0.25, -0.2) is 0 Å². The number of piperazine rings is 1. The molecule has 3 heteroatoms. The van der Waals surface area contributed by atoms with Crippen LogP contribution in [0, 0.1) is 0 Å². The highest BCUT2D eigenvalue weighted by Gasteiger charge is 2.27. The van der Waals surface area contributed by atoms with Crippen molar-refractivity contribution in [3.05, 3.63) is 71.4 Å². The number of hydrogen-bond acceptors (Lipinski definition) is 3. The highest BCUT2D eigenvalue weighted by molar-refractivity contribution is 5.65. The lowest BCUT2D eigenvalue weighted by molar-refractivity contribution is 0.110. The Bertz CT molecular complexity index is 947. The highest BCUT2D eigenvalue weighted by Crippen LogP contribution is 2.29. The number of nitrogens with zero attached hydrogens (tertiary/aromatic N) is 3. The summed E-state index contributed by atoms with van der Waals surface area (Å²) in [5, 5.41) is 0. The Morgan fingerprint density at radius 3 is 2.27 bits per heavy atom. The van der Waals surface area contributed by atoms with Crippen LogP contribution >= 0.6 is 0 Å². The van der Waals surface area contributed by atoms with Crippen molar-refractivity contribution in [3.8, 4) is 11.1 Å². The number of rotatable bonds is 6. The van der Waals surface area contributed by atoms with Crippen molar-refractivity contribution >= 4 is 0 Å². The van der Waals surface area contributed by atoms with Gasteiger partial charge in [0, 0.05) is 57.6 Å². The molecule has 0 spiro atoms. The molecule has 3 aliphatic rings. The van der Waals surface area contributed by atoms with Gasteiger partial charge >= 0.3 is 0 Å². The quantitative estimate of drug-likeness (QED) is 0.550. The average molecular weight is 444 g/mol. The first-order valence-electron chi connectivity index (χ1n) is 13.2. The summed E-state index contributed by atoms with van der Waals surface area (Å²) >= 11 is 0. The van der Waals surface area contributed by atoms with Gasteiger partial charge in [-0.1, -0.05) is 75.7 Å². The summed E-state index contributed by atoms with van der Waals surface area (Å²) < 4.78 is 0. The summed E-state index contributed by atoms with van der Waals surface area (Å²) in [6, 6.07) is 17.1. The van der Waals surface area contributed by atoms with E-state index in [1.165, 1.54) is 72.3 Å². The maximum atomic E-state index is 4.49. The van der Waals surface area contributed by atoms with Crippen molar-refractivity contribution in [1.82, 2.24) is 14.7 Å². The van der Waals surface area contributed by atoms with E-state index in [4.69, 9.17) is 0 Å². The predicted molar refractivity (Wildman–Crippen MR) is 139 cm³/mol. The third kappa shape index (κ3) is 5.20. The molecule has 5 rings (SSSR count). The van der Waals surface area contributed by atoms with Crippen LogP contribution in [-0.2, 0) is 13.0 Å². The molecular weight excluding hydrogens is 402 g/mol. The van der Waals surface area contributed by atoms with Gasteiger partial charge in [0.15, 0.2) is 0 Å². The fourth-order valence-electron chi connectivity index (χ4n) is 6.02. The van der Waals surface area contributed by atoms with E-state index in [0.717, 1.165) is 45.2 Å². The summed E-state index contributed by atoms with van der Waals surface area (Å²) in [6.45, 7) is 16.9. The Morgan fingerprint density at radius 2 is 1.58 bits per heavy atom. The van der Waals surface area contributed by atoms with Crippen molar-refractivity contribution in [2.45, 2.75) is 64.5 Å². The van der Waals surface area contributed by atoms with Crippen molar-refractivity contribution in [2.24, 2.45) is 0 Å². The van der Waals surface area contributed by atoms with E-state index in [1.807, 2.05) is 0 Å². The minimum atomic E-state index is 0.583. The first kappa shape index (κ1) is 22.7. The zero-order chi connectivity index (χ0) is 22.8. The van der Waals surface area contributed by atoms with E-state index in [2.05, 4.69) is 77.6 Å². The molecule has 3 nitrogen and oxygen atoms in total. The normalized spacial score (nSPS) is 20.4. The Labute approximate surface area is 201 Å². The minimum absolute atomic E-state index is 0.583. The molecule has 2 heterocycles. The second-order valence-electron chi connectivity index (χ2n) is 10.7. The molecule has 0 bridgehead atoms. The van der Waals surface area contributed by atoms with E-state index >= 15 is 0 Å². The van der Waals surface area contributed by atoms with Gasteiger partial charge in [0.25, 0.3) is 0 Å². The van der Waals surface area contributed by atoms with Gasteiger partial charge in [-0.15, -0.1) is 0 Å². The predicted octanol–water partition coefficient (Wildman–Crippen LogP) is 5.91. The second-order valence-corrected chi connectivity index (χ2v) is 10.7. The van der Waals surface area contributed by atoms with E-state index in [-0.39, 0.29) is 0 Å². The summed E-state index contributed by atoms with van der Waals surface area (Å²) in [5.74, 6) is 0.583. The molecule has 1 aliphatic carbocycles. The lowest BCUT2D eigenvalue weighted by Crippen LogP contribution is -2.50. The number of hydrogen-bond donors (Lipinski definition) is 0. The molecule has 0 radical (unpaired) electrons. The molecule has 2 fully saturated rings. The molecular formula is C30H41N3. The van der Waals surface area contributed by atoms with E-state index in [9.17, 15) is 0 Å². The first-order chi connectivity index (χ1) is 16.1. The molecule has 176 valence electrons. The highest BCUT2D eigenvalue weighted by atomic mass is 15.3. The maximum Gasteiger partial charge on any atom is 0.0381 e. The van der Waals surface area contributed by atoms with Gasteiger partial charge in [-0.2, -0.15) is 0 Å². The van der Waals surface area contributed by atoms with Crippen LogP contribution in [0.4, 0.5) is 0 Å². The van der Waals surface area contributed by atoms with Crippen LogP contribution in [0.3, 0.4) is 0 Å². The minimum Gasteiger partial charge on any atom is -0.372 e. The Hall–Kier alpha value is -2.10. The van der Waals surface area contributed by atoms with E-state index in [1.54, 1.807) is 0 Å². The number of fused-ring (bicyclic) bond motifs is 1. The lowest BCUT2D eigenvalue weighted by atomic mass is 9.93. The van der Waals surface area contributed by atoms with Crippen LogP contribution in [0.15, 0.2) is 54.7 Å². The van der Waals surface area contributed by atoms with Crippen LogP contribution in [0.1, 0.15) is 62.1 Å². The first-order valence-corrected chi connectivity index (χ1v) is 13.2. The molecule has 2 aromatic carbocycles. The number of benzene rings is 2. The van der Waals surface area contributed by atoms with Crippen molar-refractivity contribution in [3.63, 3.8) is 0 Å². The van der Waals surface area contributed by atoms with Crippen molar-refractivity contribution < 1.29 is 0 Å². The van der Waals surface area contributed by atoms with Gasteiger partial charge in [0.2, 0.25) is 0 Å². The average Bonchev–Trinajstić information content (AvgIpc) is 3.39. The van der Waals surface area contributed by atoms with E-state index < -0.39 is 0 Å². The lowest BCUT2D eigenvalue weighted by Gasteiger charge is -2.41. The molecule has 0 atom stereocenters. The summed E-state index contributed by atoms with van der Waals surface area (Å²) in [6.07, 6.45) is 6.83. The molecule has 1 saturated carbocycles. The topological polar surface area (TPSA) is 9.72 Å². The molecule has 1 saturated heterocycles. The summed E-state index contributed by atoms with van der Waals surface area (Å²) in [5.41, 5.74) is 8.41. The maximum absolute atomic E-state index is 4.49. The van der Waals surface area contributed by atoms with Gasteiger partial charge in [0.1, 0.15) is 0 Å². The molecule has 33 heavy (non-hydrogen) atoms. The fourth-order valence-corrected chi connectivity index (χ4v) is 6.02. The van der Waals surface area contributed by atoms with Crippen LogP contribution in [-0.4, -0.2) is 60.0 Å². The second kappa shape index (κ2) is 10.0.